The number of fused-ring (bicyclic) bond motifs is 1. The van der Waals surface area contributed by atoms with Crippen molar-refractivity contribution in [3.05, 3.63) is 53.5 Å². The molecule has 0 spiro atoms. The van der Waals surface area contributed by atoms with E-state index in [2.05, 4.69) is 15.0 Å². The van der Waals surface area contributed by atoms with Crippen molar-refractivity contribution in [3.8, 4) is 0 Å². The summed E-state index contributed by atoms with van der Waals surface area (Å²) in [6.07, 6.45) is 1.11. The average Bonchev–Trinajstić information content (AvgIpc) is 3.11. The zero-order valence-electron chi connectivity index (χ0n) is 13.0. The van der Waals surface area contributed by atoms with Crippen LogP contribution in [0.1, 0.15) is 23.7 Å². The average molecular weight is 330 g/mol. The van der Waals surface area contributed by atoms with Gasteiger partial charge < -0.3 is 15.0 Å². The third kappa shape index (κ3) is 2.41. The minimum Gasteiger partial charge on any atom is -0.391 e. The highest BCUT2D eigenvalue weighted by molar-refractivity contribution is 5.88. The van der Waals surface area contributed by atoms with Crippen LogP contribution in [0.3, 0.4) is 0 Å². The van der Waals surface area contributed by atoms with E-state index in [4.69, 9.17) is 0 Å². The highest BCUT2D eigenvalue weighted by atomic mass is 19.1. The van der Waals surface area contributed by atoms with Gasteiger partial charge >= 0.3 is 0 Å². The third-order valence-electron chi connectivity index (χ3n) is 4.41. The van der Waals surface area contributed by atoms with Crippen molar-refractivity contribution in [2.24, 2.45) is 0 Å². The van der Waals surface area contributed by atoms with Crippen LogP contribution in [0.25, 0.3) is 11.0 Å². The maximum Gasteiger partial charge on any atom is 0.143 e. The summed E-state index contributed by atoms with van der Waals surface area (Å²) in [5, 5.41) is 10.9. The molecule has 124 valence electrons. The van der Waals surface area contributed by atoms with E-state index in [0.29, 0.717) is 24.4 Å². The molecule has 2 unspecified atom stereocenters. The van der Waals surface area contributed by atoms with Gasteiger partial charge in [0.25, 0.3) is 0 Å². The molecule has 0 aliphatic carbocycles. The SMILES string of the molecule is Cc1cc2c(N3CC(O)CC3c3cc(F)ccc3F)ncnc2[nH]1. The maximum atomic E-state index is 14.2. The van der Waals surface area contributed by atoms with E-state index < -0.39 is 23.8 Å². The Bertz CT molecular complexity index is 911. The van der Waals surface area contributed by atoms with Crippen molar-refractivity contribution >= 4 is 16.9 Å². The Kier molecular flexibility index (Phi) is 3.45. The number of halogens is 2. The molecular formula is C17H16F2N4O. The lowest BCUT2D eigenvalue weighted by Crippen LogP contribution is -2.26. The highest BCUT2D eigenvalue weighted by Crippen LogP contribution is 2.39. The van der Waals surface area contributed by atoms with Gasteiger partial charge in [-0.3, -0.25) is 0 Å². The lowest BCUT2D eigenvalue weighted by molar-refractivity contribution is 0.194. The van der Waals surface area contributed by atoms with Crippen LogP contribution in [0.5, 0.6) is 0 Å². The number of aliphatic hydroxyl groups is 1. The number of aryl methyl sites for hydroxylation is 1. The molecule has 1 aliphatic rings. The Labute approximate surface area is 137 Å². The van der Waals surface area contributed by atoms with E-state index in [1.807, 2.05) is 17.9 Å². The maximum absolute atomic E-state index is 14.2. The molecule has 1 fully saturated rings. The van der Waals surface area contributed by atoms with Crippen molar-refractivity contribution in [2.75, 3.05) is 11.4 Å². The van der Waals surface area contributed by atoms with Crippen LogP contribution in [0.15, 0.2) is 30.6 Å². The highest BCUT2D eigenvalue weighted by Gasteiger charge is 2.35. The summed E-state index contributed by atoms with van der Waals surface area (Å²) >= 11 is 0. The molecule has 2 atom stereocenters. The van der Waals surface area contributed by atoms with Gasteiger partial charge in [-0.15, -0.1) is 0 Å². The number of hydrogen-bond acceptors (Lipinski definition) is 4. The summed E-state index contributed by atoms with van der Waals surface area (Å²) in [6, 6.07) is 4.82. The minimum atomic E-state index is -0.636. The van der Waals surface area contributed by atoms with Crippen molar-refractivity contribution in [2.45, 2.75) is 25.5 Å². The third-order valence-corrected chi connectivity index (χ3v) is 4.41. The van der Waals surface area contributed by atoms with Gasteiger partial charge in [-0.25, -0.2) is 18.7 Å². The fourth-order valence-corrected chi connectivity index (χ4v) is 3.40. The number of benzene rings is 1. The quantitative estimate of drug-likeness (QED) is 0.758. The number of anilines is 1. The van der Waals surface area contributed by atoms with E-state index >= 15 is 0 Å². The molecule has 5 nitrogen and oxygen atoms in total. The van der Waals surface area contributed by atoms with Crippen molar-refractivity contribution in [1.82, 2.24) is 15.0 Å². The molecule has 3 heterocycles. The van der Waals surface area contributed by atoms with Gasteiger partial charge in [-0.05, 0) is 37.6 Å². The standard InChI is InChI=1S/C17H16F2N4O/c1-9-4-13-16(22-9)20-8-21-17(13)23-7-11(24)6-15(23)12-5-10(18)2-3-14(12)19/h2-5,8,11,15,24H,6-7H2,1H3,(H,20,21,22). The second-order valence-corrected chi connectivity index (χ2v) is 6.14. The molecule has 1 saturated heterocycles. The molecule has 1 aliphatic heterocycles. The lowest BCUT2D eigenvalue weighted by atomic mass is 10.0. The predicted octanol–water partition coefficient (Wildman–Crippen LogP) is 2.86. The van der Waals surface area contributed by atoms with Crippen molar-refractivity contribution in [1.29, 1.82) is 0 Å². The summed E-state index contributed by atoms with van der Waals surface area (Å²) in [5.74, 6) is -0.385. The monoisotopic (exact) mass is 330 g/mol. The molecule has 0 amide bonds. The Hall–Kier alpha value is -2.54. The van der Waals surface area contributed by atoms with E-state index in [0.717, 1.165) is 23.2 Å². The van der Waals surface area contributed by atoms with Crippen LogP contribution in [-0.2, 0) is 0 Å². The summed E-state index contributed by atoms with van der Waals surface area (Å²) in [6.45, 7) is 2.21. The molecule has 2 N–H and O–H groups in total. The number of hydrogen-bond donors (Lipinski definition) is 2. The van der Waals surface area contributed by atoms with Crippen LogP contribution >= 0.6 is 0 Å². The largest absolute Gasteiger partial charge is 0.391 e. The molecule has 0 saturated carbocycles. The molecule has 2 aromatic heterocycles. The fraction of sp³-hybridized carbons (Fsp3) is 0.294. The molecule has 4 rings (SSSR count). The second kappa shape index (κ2) is 5.52. The Morgan fingerprint density at radius 1 is 1.25 bits per heavy atom. The predicted molar refractivity (Wildman–Crippen MR) is 85.7 cm³/mol. The second-order valence-electron chi connectivity index (χ2n) is 6.14. The molecule has 7 heteroatoms. The van der Waals surface area contributed by atoms with E-state index in [-0.39, 0.29) is 5.56 Å². The zero-order valence-corrected chi connectivity index (χ0v) is 13.0. The van der Waals surface area contributed by atoms with Gasteiger partial charge in [-0.1, -0.05) is 0 Å². The summed E-state index contributed by atoms with van der Waals surface area (Å²) in [7, 11) is 0. The van der Waals surface area contributed by atoms with Gasteiger partial charge in [0.05, 0.1) is 17.5 Å². The first kappa shape index (κ1) is 15.0. The number of aromatic nitrogens is 3. The molecule has 3 aromatic rings. The van der Waals surface area contributed by atoms with Crippen LogP contribution in [-0.4, -0.2) is 32.7 Å². The van der Waals surface area contributed by atoms with E-state index in [9.17, 15) is 13.9 Å². The van der Waals surface area contributed by atoms with Gasteiger partial charge in [0, 0.05) is 17.8 Å². The fourth-order valence-electron chi connectivity index (χ4n) is 3.40. The summed E-state index contributed by atoms with van der Waals surface area (Å²) in [4.78, 5) is 13.5. The van der Waals surface area contributed by atoms with Crippen LogP contribution in [0, 0.1) is 18.6 Å². The zero-order chi connectivity index (χ0) is 16.8. The first-order chi connectivity index (χ1) is 11.5. The first-order valence-corrected chi connectivity index (χ1v) is 7.73. The van der Waals surface area contributed by atoms with Gasteiger partial charge in [0.2, 0.25) is 0 Å². The van der Waals surface area contributed by atoms with Gasteiger partial charge in [0.1, 0.15) is 29.4 Å². The number of β-amino-alcohol motifs (C(OH)–C–C–N with tert-alkyl or cyclic N) is 1. The van der Waals surface area contributed by atoms with Crippen LogP contribution in [0.2, 0.25) is 0 Å². The normalized spacial score (nSPS) is 20.9. The first-order valence-electron chi connectivity index (χ1n) is 7.73. The molecule has 1 aromatic carbocycles. The lowest BCUT2D eigenvalue weighted by Gasteiger charge is -2.26. The Morgan fingerprint density at radius 2 is 2.08 bits per heavy atom. The topological polar surface area (TPSA) is 65.0 Å². The number of aromatic amines is 1. The number of aliphatic hydroxyl groups excluding tert-OH is 1. The smallest absolute Gasteiger partial charge is 0.143 e. The van der Waals surface area contributed by atoms with Crippen molar-refractivity contribution < 1.29 is 13.9 Å². The Morgan fingerprint density at radius 3 is 2.92 bits per heavy atom. The Balaban J connectivity index is 1.84. The van der Waals surface area contributed by atoms with E-state index in [1.165, 1.54) is 12.4 Å². The van der Waals surface area contributed by atoms with Gasteiger partial charge in [0.15, 0.2) is 0 Å². The molecule has 24 heavy (non-hydrogen) atoms. The van der Waals surface area contributed by atoms with Crippen molar-refractivity contribution in [3.63, 3.8) is 0 Å². The summed E-state index contributed by atoms with van der Waals surface area (Å²) in [5.41, 5.74) is 1.84. The number of nitrogens with zero attached hydrogens (tertiary/aromatic N) is 3. The van der Waals surface area contributed by atoms with Gasteiger partial charge in [-0.2, -0.15) is 0 Å². The van der Waals surface area contributed by atoms with E-state index in [1.54, 1.807) is 0 Å². The molecular weight excluding hydrogens is 314 g/mol. The minimum absolute atomic E-state index is 0.227. The number of nitrogens with one attached hydrogen (secondary N) is 1. The van der Waals surface area contributed by atoms with Crippen LogP contribution < -0.4 is 4.90 Å². The number of H-pyrrole nitrogens is 1. The summed E-state index contributed by atoms with van der Waals surface area (Å²) < 4.78 is 27.8. The number of rotatable bonds is 2. The van der Waals surface area contributed by atoms with Crippen LogP contribution in [0.4, 0.5) is 14.6 Å². The molecule has 0 bridgehead atoms. The molecule has 0 radical (unpaired) electrons.